The maximum Gasteiger partial charge on any atom is 0.290 e. The minimum Gasteiger partial charge on any atom is -0.486 e. The molecule has 0 N–H and O–H groups in total. The number of ether oxygens (including phenoxy) is 1. The van der Waals surface area contributed by atoms with Gasteiger partial charge in [-0.2, -0.15) is 0 Å². The Morgan fingerprint density at radius 3 is 2.57 bits per heavy atom. The number of rotatable bonds is 5. The summed E-state index contributed by atoms with van der Waals surface area (Å²) < 4.78 is 44.3. The quantitative estimate of drug-likeness (QED) is 0.702. The van der Waals surface area contributed by atoms with Gasteiger partial charge < -0.3 is 9.64 Å². The van der Waals surface area contributed by atoms with E-state index >= 15 is 0 Å². The molecule has 2 aliphatic heterocycles. The van der Waals surface area contributed by atoms with Crippen LogP contribution in [0.15, 0.2) is 60.4 Å². The lowest BCUT2D eigenvalue weighted by atomic mass is 10.1. The van der Waals surface area contributed by atoms with Crippen molar-refractivity contribution in [2.75, 3.05) is 23.9 Å². The summed E-state index contributed by atoms with van der Waals surface area (Å²) >= 11 is 1.54. The first kappa shape index (κ1) is 20.9. The van der Waals surface area contributed by atoms with Gasteiger partial charge in [-0.1, -0.05) is 48.5 Å². The zero-order valence-corrected chi connectivity index (χ0v) is 17.9. The fraction of sp³-hybridized carbons (Fsp3) is 0.318. The van der Waals surface area contributed by atoms with Gasteiger partial charge in [-0.25, -0.2) is 12.8 Å². The molecule has 2 aromatic carbocycles. The standard InChI is InChI=1S/C22H22FNO4S2/c23-19-9-5-4-8-17(19)14-24(18-10-13-30(26,27)15-18)22(25)20-21(29-12-11-28-20)16-6-2-1-3-7-16/h1-9,18H,10-15H2/t18-/m1/s1. The van der Waals surface area contributed by atoms with Crippen molar-refractivity contribution in [2.45, 2.75) is 19.0 Å². The molecule has 0 aliphatic carbocycles. The van der Waals surface area contributed by atoms with Gasteiger partial charge in [0.15, 0.2) is 15.6 Å². The van der Waals surface area contributed by atoms with Gasteiger partial charge >= 0.3 is 0 Å². The molecule has 1 atom stereocenters. The Morgan fingerprint density at radius 1 is 1.13 bits per heavy atom. The second-order valence-corrected chi connectivity index (χ2v) is 10.6. The molecule has 0 saturated carbocycles. The Labute approximate surface area is 179 Å². The summed E-state index contributed by atoms with van der Waals surface area (Å²) in [7, 11) is -3.22. The Hall–Kier alpha value is -2.32. The third-order valence-corrected chi connectivity index (χ3v) is 8.05. The van der Waals surface area contributed by atoms with Crippen LogP contribution in [-0.4, -0.2) is 49.1 Å². The maximum atomic E-state index is 14.3. The van der Waals surface area contributed by atoms with Crippen molar-refractivity contribution in [1.82, 2.24) is 4.90 Å². The van der Waals surface area contributed by atoms with Gasteiger partial charge in [-0.15, -0.1) is 11.8 Å². The lowest BCUT2D eigenvalue weighted by Crippen LogP contribution is -2.42. The second kappa shape index (κ2) is 8.81. The van der Waals surface area contributed by atoms with Crippen LogP contribution < -0.4 is 0 Å². The minimum absolute atomic E-state index is 0.00864. The van der Waals surface area contributed by atoms with E-state index in [0.29, 0.717) is 24.3 Å². The Morgan fingerprint density at radius 2 is 1.87 bits per heavy atom. The summed E-state index contributed by atoms with van der Waals surface area (Å²) in [4.78, 5) is 15.8. The van der Waals surface area contributed by atoms with E-state index in [4.69, 9.17) is 4.74 Å². The van der Waals surface area contributed by atoms with Gasteiger partial charge in [-0.3, -0.25) is 4.79 Å². The number of carbonyl (C=O) groups excluding carboxylic acids is 1. The first-order chi connectivity index (χ1) is 14.4. The van der Waals surface area contributed by atoms with E-state index in [0.717, 1.165) is 10.5 Å². The highest BCUT2D eigenvalue weighted by atomic mass is 32.2. The summed E-state index contributed by atoms with van der Waals surface area (Å²) in [5.41, 5.74) is 1.22. The lowest BCUT2D eigenvalue weighted by Gasteiger charge is -2.31. The van der Waals surface area contributed by atoms with Crippen LogP contribution in [0.4, 0.5) is 4.39 Å². The molecule has 1 amide bonds. The number of hydrogen-bond acceptors (Lipinski definition) is 5. The maximum absolute atomic E-state index is 14.3. The molecule has 2 aliphatic rings. The van der Waals surface area contributed by atoms with E-state index < -0.39 is 27.6 Å². The van der Waals surface area contributed by atoms with Crippen LogP contribution in [0.2, 0.25) is 0 Å². The van der Waals surface area contributed by atoms with Gasteiger partial charge in [0.05, 0.1) is 23.0 Å². The van der Waals surface area contributed by atoms with E-state index in [1.807, 2.05) is 30.3 Å². The van der Waals surface area contributed by atoms with Gasteiger partial charge in [0.1, 0.15) is 5.82 Å². The molecule has 0 spiro atoms. The highest BCUT2D eigenvalue weighted by molar-refractivity contribution is 8.08. The Balaban J connectivity index is 1.73. The van der Waals surface area contributed by atoms with Crippen LogP contribution in [-0.2, 0) is 25.9 Å². The first-order valence-electron chi connectivity index (χ1n) is 9.75. The van der Waals surface area contributed by atoms with Gasteiger partial charge in [-0.05, 0) is 18.1 Å². The Bertz CT molecular complexity index is 1070. The van der Waals surface area contributed by atoms with Crippen molar-refractivity contribution in [3.05, 3.63) is 77.3 Å². The molecule has 0 radical (unpaired) electrons. The fourth-order valence-corrected chi connectivity index (χ4v) is 6.39. The number of nitrogens with zero attached hydrogens (tertiary/aromatic N) is 1. The van der Waals surface area contributed by atoms with Crippen LogP contribution in [0.25, 0.3) is 4.91 Å². The van der Waals surface area contributed by atoms with Crippen molar-refractivity contribution in [1.29, 1.82) is 0 Å². The molecule has 1 saturated heterocycles. The molecule has 2 aromatic rings. The molecule has 8 heteroatoms. The highest BCUT2D eigenvalue weighted by Gasteiger charge is 2.38. The third-order valence-electron chi connectivity index (χ3n) is 5.22. The number of amides is 1. The molecular weight excluding hydrogens is 425 g/mol. The van der Waals surface area contributed by atoms with Crippen molar-refractivity contribution < 1.29 is 22.3 Å². The van der Waals surface area contributed by atoms with E-state index in [1.165, 1.54) is 22.7 Å². The summed E-state index contributed by atoms with van der Waals surface area (Å²) in [6.07, 6.45) is 0.337. The zero-order valence-electron chi connectivity index (χ0n) is 16.3. The number of halogens is 1. The molecule has 1 fully saturated rings. The van der Waals surface area contributed by atoms with Crippen LogP contribution in [0.3, 0.4) is 0 Å². The number of thioether (sulfide) groups is 1. The summed E-state index contributed by atoms with van der Waals surface area (Å²) in [6, 6.07) is 15.2. The lowest BCUT2D eigenvalue weighted by molar-refractivity contribution is -0.133. The molecule has 4 rings (SSSR count). The average Bonchev–Trinajstić information content (AvgIpc) is 3.12. The molecule has 158 valence electrons. The van der Waals surface area contributed by atoms with E-state index in [1.54, 1.807) is 18.2 Å². The fourth-order valence-electron chi connectivity index (χ4n) is 3.71. The minimum atomic E-state index is -3.22. The summed E-state index contributed by atoms with van der Waals surface area (Å²) in [5.74, 6) is 0.0103. The van der Waals surface area contributed by atoms with Crippen molar-refractivity contribution in [3.63, 3.8) is 0 Å². The zero-order chi connectivity index (χ0) is 21.1. The van der Waals surface area contributed by atoms with Gasteiger partial charge in [0.2, 0.25) is 0 Å². The smallest absolute Gasteiger partial charge is 0.290 e. The van der Waals surface area contributed by atoms with Crippen LogP contribution in [0, 0.1) is 5.82 Å². The van der Waals surface area contributed by atoms with Crippen LogP contribution in [0.5, 0.6) is 0 Å². The normalized spacial score (nSPS) is 20.6. The summed E-state index contributed by atoms with van der Waals surface area (Å²) in [6.45, 7) is 0.379. The van der Waals surface area contributed by atoms with E-state index in [-0.39, 0.29) is 23.8 Å². The molecule has 0 unspecified atom stereocenters. The third kappa shape index (κ3) is 4.54. The van der Waals surface area contributed by atoms with E-state index in [9.17, 15) is 17.6 Å². The molecular formula is C22H22FNO4S2. The van der Waals surface area contributed by atoms with Crippen LogP contribution >= 0.6 is 11.8 Å². The average molecular weight is 448 g/mol. The number of benzene rings is 2. The monoisotopic (exact) mass is 447 g/mol. The van der Waals surface area contributed by atoms with Crippen molar-refractivity contribution in [2.24, 2.45) is 0 Å². The largest absolute Gasteiger partial charge is 0.486 e. The van der Waals surface area contributed by atoms with Crippen molar-refractivity contribution >= 4 is 32.4 Å². The predicted molar refractivity (Wildman–Crippen MR) is 116 cm³/mol. The SMILES string of the molecule is O=C(C1=C(c2ccccc2)SCCO1)N(Cc1ccccc1F)[C@@H]1CCS(=O)(=O)C1. The molecule has 5 nitrogen and oxygen atoms in total. The van der Waals surface area contributed by atoms with E-state index in [2.05, 4.69) is 0 Å². The number of carbonyl (C=O) groups is 1. The molecule has 30 heavy (non-hydrogen) atoms. The first-order valence-corrected chi connectivity index (χ1v) is 12.6. The predicted octanol–water partition coefficient (Wildman–Crippen LogP) is 3.47. The molecule has 2 heterocycles. The number of sulfone groups is 1. The van der Waals surface area contributed by atoms with Gasteiger partial charge in [0.25, 0.3) is 5.91 Å². The number of hydrogen-bond donors (Lipinski definition) is 0. The summed E-state index contributed by atoms with van der Waals surface area (Å²) in [5, 5.41) is 0. The Kier molecular flexibility index (Phi) is 6.15. The topological polar surface area (TPSA) is 63.7 Å². The van der Waals surface area contributed by atoms with Crippen LogP contribution in [0.1, 0.15) is 17.5 Å². The van der Waals surface area contributed by atoms with Crippen molar-refractivity contribution in [3.8, 4) is 0 Å². The highest BCUT2D eigenvalue weighted by Crippen LogP contribution is 2.36. The van der Waals surface area contributed by atoms with Gasteiger partial charge in [0, 0.05) is 23.9 Å². The molecule has 0 bridgehead atoms. The second-order valence-electron chi connectivity index (χ2n) is 7.30. The molecule has 0 aromatic heterocycles.